The van der Waals surface area contributed by atoms with Crippen molar-refractivity contribution in [2.24, 2.45) is 0 Å². The average molecular weight is 687 g/mol. The molecule has 0 saturated carbocycles. The zero-order chi connectivity index (χ0) is 34.9. The van der Waals surface area contributed by atoms with Crippen LogP contribution in [0.25, 0.3) is 21.8 Å². The second-order valence-electron chi connectivity index (χ2n) is 13.5. The lowest BCUT2D eigenvalue weighted by atomic mass is 9.97. The number of ether oxygens (including phenoxy) is 1. The van der Waals surface area contributed by atoms with Crippen LogP contribution >= 0.6 is 0 Å². The molecule has 2 fully saturated rings. The predicted molar refractivity (Wildman–Crippen MR) is 192 cm³/mol. The van der Waals surface area contributed by atoms with Gasteiger partial charge in [0.2, 0.25) is 0 Å². The first-order chi connectivity index (χ1) is 24.9. The molecule has 4 atom stereocenters. The molecule has 2 saturated heterocycles. The third kappa shape index (κ3) is 6.83. The molecule has 0 spiro atoms. The van der Waals surface area contributed by atoms with Crippen molar-refractivity contribution in [1.82, 2.24) is 29.4 Å². The first kappa shape index (κ1) is 32.7. The van der Waals surface area contributed by atoms with Crippen LogP contribution in [0.4, 0.5) is 11.4 Å². The van der Waals surface area contributed by atoms with Crippen LogP contribution in [0.5, 0.6) is 0 Å². The van der Waals surface area contributed by atoms with Crippen LogP contribution in [-0.2, 0) is 17.8 Å². The van der Waals surface area contributed by atoms with Crippen LogP contribution < -0.4 is 0 Å². The number of aromatic nitrogens is 4. The first-order valence-electron chi connectivity index (χ1n) is 17.3. The van der Waals surface area contributed by atoms with Crippen LogP contribution in [0.1, 0.15) is 36.1 Å². The quantitative estimate of drug-likeness (QED) is 0.116. The van der Waals surface area contributed by atoms with Gasteiger partial charge in [-0.05, 0) is 36.1 Å². The number of para-hydroxylation sites is 2. The Morgan fingerprint density at radius 1 is 0.627 bits per heavy atom. The van der Waals surface area contributed by atoms with Gasteiger partial charge in [0, 0.05) is 74.3 Å². The minimum absolute atomic E-state index is 0.0920. The highest BCUT2D eigenvalue weighted by molar-refractivity contribution is 5.79. The van der Waals surface area contributed by atoms with E-state index in [9.17, 15) is 20.2 Å². The molecule has 260 valence electrons. The Labute approximate surface area is 293 Å². The lowest BCUT2D eigenvalue weighted by molar-refractivity contribution is -0.385. The number of hydrogen-bond acceptors (Lipinski definition) is 9. The molecular formula is C38H38N8O5. The zero-order valence-corrected chi connectivity index (χ0v) is 28.0. The van der Waals surface area contributed by atoms with Gasteiger partial charge in [-0.2, -0.15) is 10.2 Å². The lowest BCUT2D eigenvalue weighted by Crippen LogP contribution is -2.50. The summed E-state index contributed by atoms with van der Waals surface area (Å²) in [4.78, 5) is 26.9. The van der Waals surface area contributed by atoms with Crippen molar-refractivity contribution in [3.05, 3.63) is 141 Å². The van der Waals surface area contributed by atoms with E-state index in [0.717, 1.165) is 58.9 Å². The number of fused-ring (bicyclic) bond motifs is 2. The van der Waals surface area contributed by atoms with Gasteiger partial charge >= 0.3 is 0 Å². The average Bonchev–Trinajstić information content (AvgIpc) is 3.78. The zero-order valence-electron chi connectivity index (χ0n) is 28.0. The number of nitrogens with zero attached hydrogens (tertiary/aromatic N) is 8. The molecule has 6 aromatic rings. The van der Waals surface area contributed by atoms with E-state index in [1.165, 1.54) is 12.1 Å². The van der Waals surface area contributed by atoms with Crippen LogP contribution in [0.3, 0.4) is 0 Å². The number of non-ortho nitro benzene ring substituents is 2. The summed E-state index contributed by atoms with van der Waals surface area (Å²) >= 11 is 0. The fraction of sp³-hybridized carbons (Fsp3) is 0.316. The molecule has 4 aromatic carbocycles. The summed E-state index contributed by atoms with van der Waals surface area (Å²) < 4.78 is 11.4. The Morgan fingerprint density at radius 2 is 1.08 bits per heavy atom. The Morgan fingerprint density at radius 3 is 1.53 bits per heavy atom. The van der Waals surface area contributed by atoms with Crippen molar-refractivity contribution < 1.29 is 14.6 Å². The molecule has 4 unspecified atom stereocenters. The standard InChI is InChI=1S/C38H38N8O5/c47-45(48)31-11-5-7-27(19-31)23-41-17-15-37(35(25-41)43-33-13-3-1-9-29(33)21-39-43)51-38-16-18-42(24-28-8-6-12-32(20-28)46(49)50)26-36(38)44-34-14-4-2-10-30(34)22-40-44/h1-14,19-22,35-38H,15-18,23-26H2. The van der Waals surface area contributed by atoms with Gasteiger partial charge in [0.25, 0.3) is 11.4 Å². The van der Waals surface area contributed by atoms with Crippen LogP contribution in [0.2, 0.25) is 0 Å². The minimum atomic E-state index is -0.351. The molecule has 51 heavy (non-hydrogen) atoms. The summed E-state index contributed by atoms with van der Waals surface area (Å²) in [6, 6.07) is 29.9. The fourth-order valence-corrected chi connectivity index (χ4v) is 7.82. The third-order valence-corrected chi connectivity index (χ3v) is 10.3. The lowest BCUT2D eigenvalue weighted by Gasteiger charge is -2.44. The number of likely N-dealkylation sites (tertiary alicyclic amines) is 2. The molecule has 0 aliphatic carbocycles. The number of rotatable bonds is 10. The van der Waals surface area contributed by atoms with Crippen molar-refractivity contribution in [2.75, 3.05) is 26.2 Å². The molecule has 0 N–H and O–H groups in total. The molecule has 0 radical (unpaired) electrons. The molecule has 13 heteroatoms. The summed E-state index contributed by atoms with van der Waals surface area (Å²) in [7, 11) is 0. The van der Waals surface area contributed by atoms with E-state index in [-0.39, 0.29) is 45.5 Å². The molecular weight excluding hydrogens is 648 g/mol. The first-order valence-corrected chi connectivity index (χ1v) is 17.3. The van der Waals surface area contributed by atoms with E-state index in [1.807, 2.05) is 48.8 Å². The predicted octanol–water partition coefficient (Wildman–Crippen LogP) is 6.55. The number of piperidine rings is 2. The molecule has 13 nitrogen and oxygen atoms in total. The van der Waals surface area contributed by atoms with Gasteiger partial charge < -0.3 is 4.74 Å². The summed E-state index contributed by atoms with van der Waals surface area (Å²) in [5.41, 5.74) is 4.05. The molecule has 0 amide bonds. The second-order valence-corrected chi connectivity index (χ2v) is 13.5. The summed E-state index contributed by atoms with van der Waals surface area (Å²) in [5.74, 6) is 0. The molecule has 2 aliphatic rings. The minimum Gasteiger partial charge on any atom is -0.370 e. The summed E-state index contributed by atoms with van der Waals surface area (Å²) in [5, 5.41) is 34.8. The maximum absolute atomic E-state index is 11.5. The van der Waals surface area contributed by atoms with E-state index >= 15 is 0 Å². The van der Waals surface area contributed by atoms with E-state index < -0.39 is 0 Å². The Hall–Kier alpha value is -5.50. The van der Waals surface area contributed by atoms with Gasteiger partial charge in [0.1, 0.15) is 0 Å². The highest BCUT2D eigenvalue weighted by Gasteiger charge is 2.39. The van der Waals surface area contributed by atoms with E-state index in [0.29, 0.717) is 26.2 Å². The maximum Gasteiger partial charge on any atom is 0.269 e. The van der Waals surface area contributed by atoms with Gasteiger partial charge in [-0.1, -0.05) is 60.7 Å². The SMILES string of the molecule is O=[N+]([O-])c1cccc(CN2CCC(OC3CCN(Cc4cccc([N+](=O)[O-])c4)CC3n3ncc4ccccc43)C(n3ncc4ccccc43)C2)c1. The highest BCUT2D eigenvalue weighted by Crippen LogP contribution is 2.35. The summed E-state index contributed by atoms with van der Waals surface area (Å²) in [6.07, 6.45) is 5.02. The Kier molecular flexibility index (Phi) is 8.99. The van der Waals surface area contributed by atoms with Gasteiger partial charge in [-0.15, -0.1) is 0 Å². The van der Waals surface area contributed by atoms with Gasteiger partial charge in [-0.3, -0.25) is 39.4 Å². The summed E-state index contributed by atoms with van der Waals surface area (Å²) in [6.45, 7) is 4.04. The number of nitro benzene ring substituents is 2. The topological polar surface area (TPSA) is 138 Å². The Bertz CT molecular complexity index is 2050. The fourth-order valence-electron chi connectivity index (χ4n) is 7.82. The monoisotopic (exact) mass is 686 g/mol. The molecule has 8 rings (SSSR count). The molecule has 2 aliphatic heterocycles. The molecule has 4 heterocycles. The largest absolute Gasteiger partial charge is 0.370 e. The van der Waals surface area contributed by atoms with Crippen molar-refractivity contribution in [2.45, 2.75) is 50.2 Å². The second kappa shape index (κ2) is 14.0. The molecule has 2 aromatic heterocycles. The van der Waals surface area contributed by atoms with Crippen molar-refractivity contribution >= 4 is 33.2 Å². The van der Waals surface area contributed by atoms with Gasteiger partial charge in [0.05, 0.1) is 57.6 Å². The van der Waals surface area contributed by atoms with Gasteiger partial charge in [-0.25, -0.2) is 0 Å². The van der Waals surface area contributed by atoms with Crippen molar-refractivity contribution in [3.8, 4) is 0 Å². The van der Waals surface area contributed by atoms with Crippen LogP contribution in [-0.4, -0.2) is 77.6 Å². The van der Waals surface area contributed by atoms with E-state index in [2.05, 4.69) is 43.4 Å². The van der Waals surface area contributed by atoms with Crippen LogP contribution in [0, 0.1) is 20.2 Å². The van der Waals surface area contributed by atoms with Gasteiger partial charge in [0.15, 0.2) is 0 Å². The van der Waals surface area contributed by atoms with Crippen molar-refractivity contribution in [3.63, 3.8) is 0 Å². The van der Waals surface area contributed by atoms with E-state index in [1.54, 1.807) is 24.3 Å². The molecule has 0 bridgehead atoms. The Balaban J connectivity index is 1.08. The smallest absolute Gasteiger partial charge is 0.269 e. The van der Waals surface area contributed by atoms with Crippen LogP contribution in [0.15, 0.2) is 109 Å². The normalized spacial score (nSPS) is 21.6. The maximum atomic E-state index is 11.5. The van der Waals surface area contributed by atoms with Crippen molar-refractivity contribution in [1.29, 1.82) is 0 Å². The number of hydrogen-bond donors (Lipinski definition) is 0. The van der Waals surface area contributed by atoms with E-state index in [4.69, 9.17) is 14.9 Å². The number of nitro groups is 2. The highest BCUT2D eigenvalue weighted by atomic mass is 16.6. The third-order valence-electron chi connectivity index (χ3n) is 10.3. The number of benzene rings is 4.